The van der Waals surface area contributed by atoms with Crippen LogP contribution in [-0.4, -0.2) is 40.2 Å². The van der Waals surface area contributed by atoms with E-state index in [1.165, 1.54) is 4.90 Å². The number of terminal acetylenes is 1. The minimum Gasteiger partial charge on any atom is -0.479 e. The second-order valence-electron chi connectivity index (χ2n) is 4.04. The molecule has 1 aliphatic heterocycles. The number of aliphatic carboxylic acids is 1. The summed E-state index contributed by atoms with van der Waals surface area (Å²) in [7, 11) is 0. The molecule has 1 amide bonds. The molecule has 0 aliphatic carbocycles. The normalized spacial score (nSPS) is 20.6. The van der Waals surface area contributed by atoms with Crippen LogP contribution in [0.4, 0.5) is 0 Å². The molecule has 1 heterocycles. The fourth-order valence-corrected chi connectivity index (χ4v) is 1.87. The highest BCUT2D eigenvalue weighted by Crippen LogP contribution is 2.21. The zero-order chi connectivity index (χ0) is 13.0. The largest absolute Gasteiger partial charge is 0.479 e. The fourth-order valence-electron chi connectivity index (χ4n) is 1.71. The van der Waals surface area contributed by atoms with Crippen LogP contribution in [-0.2, 0) is 9.59 Å². The molecule has 1 unspecified atom stereocenters. The Morgan fingerprint density at radius 3 is 2.88 bits per heavy atom. The van der Waals surface area contributed by atoms with Crippen molar-refractivity contribution < 1.29 is 14.7 Å². The highest BCUT2D eigenvalue weighted by molar-refractivity contribution is 7.80. The van der Waals surface area contributed by atoms with Gasteiger partial charge in [-0.1, -0.05) is 6.92 Å². The molecule has 0 bridgehead atoms. The summed E-state index contributed by atoms with van der Waals surface area (Å²) in [5.74, 6) is 1.33. The first kappa shape index (κ1) is 13.7. The Balaban J connectivity index is 2.85. The van der Waals surface area contributed by atoms with E-state index < -0.39 is 12.0 Å². The molecule has 0 aromatic rings. The average molecular weight is 253 g/mol. The van der Waals surface area contributed by atoms with Crippen molar-refractivity contribution in [2.75, 3.05) is 12.3 Å². The first-order valence-corrected chi connectivity index (χ1v) is 5.91. The maximum absolute atomic E-state index is 12.0. The number of carbonyl (C=O) groups excluding carboxylic acids is 1. The maximum Gasteiger partial charge on any atom is 0.330 e. The molecule has 0 aromatic heterocycles. The van der Waals surface area contributed by atoms with Crippen LogP contribution in [0.3, 0.4) is 0 Å². The van der Waals surface area contributed by atoms with Crippen molar-refractivity contribution in [3.8, 4) is 12.3 Å². The lowest BCUT2D eigenvalue weighted by molar-refractivity contribution is -0.148. The number of carboxylic acids is 1. The summed E-state index contributed by atoms with van der Waals surface area (Å²) in [6.45, 7) is 2.03. The number of thiol groups is 1. The highest BCUT2D eigenvalue weighted by atomic mass is 32.1. The van der Waals surface area contributed by atoms with Gasteiger partial charge in [0.05, 0.1) is 0 Å². The van der Waals surface area contributed by atoms with Gasteiger partial charge in [0.25, 0.3) is 0 Å². The van der Waals surface area contributed by atoms with Gasteiger partial charge in [0.2, 0.25) is 5.91 Å². The van der Waals surface area contributed by atoms with Crippen molar-refractivity contribution in [2.45, 2.75) is 19.4 Å². The Kier molecular flexibility index (Phi) is 4.64. The number of hydrogen-bond acceptors (Lipinski definition) is 3. The summed E-state index contributed by atoms with van der Waals surface area (Å²) in [5.41, 5.74) is 0.805. The van der Waals surface area contributed by atoms with Crippen LogP contribution in [0.15, 0.2) is 11.6 Å². The predicted molar refractivity (Wildman–Crippen MR) is 67.7 cm³/mol. The molecule has 1 rings (SSSR count). The van der Waals surface area contributed by atoms with Gasteiger partial charge in [-0.25, -0.2) is 4.79 Å². The second kappa shape index (κ2) is 5.78. The summed E-state index contributed by atoms with van der Waals surface area (Å²) in [6.07, 6.45) is 7.12. The Labute approximate surface area is 106 Å². The van der Waals surface area contributed by atoms with Crippen LogP contribution in [0.25, 0.3) is 0 Å². The van der Waals surface area contributed by atoms with Crippen molar-refractivity contribution in [3.63, 3.8) is 0 Å². The molecular weight excluding hydrogens is 238 g/mol. The number of hydrogen-bond donors (Lipinski definition) is 2. The minimum absolute atomic E-state index is 0.198. The fraction of sp³-hybridized carbons (Fsp3) is 0.500. The van der Waals surface area contributed by atoms with E-state index in [9.17, 15) is 9.59 Å². The third-order valence-corrected chi connectivity index (χ3v) is 3.21. The number of carboxylic acid groups (broad SMARTS) is 1. The van der Waals surface area contributed by atoms with Gasteiger partial charge in [-0.2, -0.15) is 12.6 Å². The quantitative estimate of drug-likeness (QED) is 0.442. The molecule has 0 aromatic carbocycles. The second-order valence-corrected chi connectivity index (χ2v) is 4.40. The molecule has 17 heavy (non-hydrogen) atoms. The van der Waals surface area contributed by atoms with E-state index in [0.29, 0.717) is 18.7 Å². The average Bonchev–Trinajstić information content (AvgIpc) is 2.71. The zero-order valence-electron chi connectivity index (χ0n) is 9.59. The van der Waals surface area contributed by atoms with Gasteiger partial charge in [-0.05, 0) is 11.6 Å². The number of nitrogens with zero attached hydrogens (tertiary/aromatic N) is 1. The van der Waals surface area contributed by atoms with Gasteiger partial charge in [0.1, 0.15) is 6.04 Å². The van der Waals surface area contributed by atoms with E-state index in [4.69, 9.17) is 11.5 Å². The lowest BCUT2D eigenvalue weighted by atomic mass is 10.1. The molecule has 92 valence electrons. The van der Waals surface area contributed by atoms with Crippen LogP contribution < -0.4 is 0 Å². The molecule has 1 aliphatic rings. The molecule has 0 saturated heterocycles. The third-order valence-electron chi connectivity index (χ3n) is 2.66. The number of carbonyl (C=O) groups is 2. The molecule has 1 N–H and O–H groups in total. The molecule has 0 radical (unpaired) electrons. The van der Waals surface area contributed by atoms with Crippen molar-refractivity contribution in [1.82, 2.24) is 4.90 Å². The van der Waals surface area contributed by atoms with E-state index in [2.05, 4.69) is 18.5 Å². The molecule has 4 nitrogen and oxygen atoms in total. The Morgan fingerprint density at radius 1 is 1.76 bits per heavy atom. The molecule has 2 atom stereocenters. The minimum atomic E-state index is -1.03. The summed E-state index contributed by atoms with van der Waals surface area (Å²) in [6, 6.07) is -0.895. The highest BCUT2D eigenvalue weighted by Gasteiger charge is 2.35. The molecule has 0 saturated carbocycles. The van der Waals surface area contributed by atoms with Gasteiger partial charge < -0.3 is 10.0 Å². The Hall–Kier alpha value is -1.41. The van der Waals surface area contributed by atoms with Crippen LogP contribution >= 0.6 is 12.6 Å². The molecule has 5 heteroatoms. The lowest BCUT2D eigenvalue weighted by Crippen LogP contribution is -2.43. The van der Waals surface area contributed by atoms with Gasteiger partial charge in [-0.15, -0.1) is 12.3 Å². The molecule has 0 fully saturated rings. The SMILES string of the molecule is C#CCC1=CC(C(=O)O)N(C(=O)[C@H](C)CS)C1. The summed E-state index contributed by atoms with van der Waals surface area (Å²) in [4.78, 5) is 24.4. The Bertz CT molecular complexity index is 397. The van der Waals surface area contributed by atoms with Crippen molar-refractivity contribution in [3.05, 3.63) is 11.6 Å². The van der Waals surface area contributed by atoms with Crippen LogP contribution in [0.5, 0.6) is 0 Å². The van der Waals surface area contributed by atoms with E-state index in [0.717, 1.165) is 5.57 Å². The van der Waals surface area contributed by atoms with Crippen LogP contribution in [0.1, 0.15) is 13.3 Å². The van der Waals surface area contributed by atoms with E-state index in [1.807, 2.05) is 0 Å². The predicted octanol–water partition coefficient (Wildman–Crippen LogP) is 0.797. The summed E-state index contributed by atoms with van der Waals surface area (Å²) >= 11 is 4.05. The van der Waals surface area contributed by atoms with E-state index in [-0.39, 0.29) is 11.8 Å². The Morgan fingerprint density at radius 2 is 2.41 bits per heavy atom. The molecular formula is C12H15NO3S. The molecule has 0 spiro atoms. The first-order valence-electron chi connectivity index (χ1n) is 5.28. The van der Waals surface area contributed by atoms with Crippen molar-refractivity contribution >= 4 is 24.5 Å². The summed E-state index contributed by atoms with van der Waals surface area (Å²) in [5, 5.41) is 9.06. The van der Waals surface area contributed by atoms with E-state index >= 15 is 0 Å². The first-order chi connectivity index (χ1) is 8.01. The standard InChI is InChI=1S/C12H15NO3S/c1-3-4-9-5-10(12(15)16)13(6-9)11(14)8(2)7-17/h1,5,8,10,17H,4,6-7H2,2H3,(H,15,16)/t8-,10?/m1/s1. The smallest absolute Gasteiger partial charge is 0.330 e. The maximum atomic E-state index is 12.0. The number of rotatable bonds is 4. The lowest BCUT2D eigenvalue weighted by Gasteiger charge is -2.24. The van der Waals surface area contributed by atoms with Gasteiger partial charge in [0, 0.05) is 24.6 Å². The van der Waals surface area contributed by atoms with Crippen molar-refractivity contribution in [2.24, 2.45) is 5.92 Å². The zero-order valence-corrected chi connectivity index (χ0v) is 10.5. The van der Waals surface area contributed by atoms with Crippen LogP contribution in [0.2, 0.25) is 0 Å². The monoisotopic (exact) mass is 253 g/mol. The van der Waals surface area contributed by atoms with Crippen LogP contribution in [0, 0.1) is 18.3 Å². The number of amides is 1. The van der Waals surface area contributed by atoms with Gasteiger partial charge >= 0.3 is 5.97 Å². The summed E-state index contributed by atoms with van der Waals surface area (Å²) < 4.78 is 0. The third kappa shape index (κ3) is 3.04. The van der Waals surface area contributed by atoms with Gasteiger partial charge in [-0.3, -0.25) is 4.79 Å². The van der Waals surface area contributed by atoms with E-state index in [1.54, 1.807) is 13.0 Å². The topological polar surface area (TPSA) is 57.6 Å². The van der Waals surface area contributed by atoms with Crippen molar-refractivity contribution in [1.29, 1.82) is 0 Å². The van der Waals surface area contributed by atoms with Gasteiger partial charge in [0.15, 0.2) is 0 Å².